The number of aryl methyl sites for hydroxylation is 1. The van der Waals surface area contributed by atoms with E-state index in [-0.39, 0.29) is 18.6 Å². The molecule has 0 radical (unpaired) electrons. The van der Waals surface area contributed by atoms with Crippen LogP contribution < -0.4 is 10.1 Å². The molecule has 2 heterocycles. The Morgan fingerprint density at radius 2 is 2.14 bits per heavy atom. The van der Waals surface area contributed by atoms with E-state index in [2.05, 4.69) is 26.9 Å². The van der Waals surface area contributed by atoms with Crippen molar-refractivity contribution >= 4 is 16.9 Å². The van der Waals surface area contributed by atoms with Crippen LogP contribution in [-0.4, -0.2) is 47.5 Å². The Kier molecular flexibility index (Phi) is 9.01. The summed E-state index contributed by atoms with van der Waals surface area (Å²) in [6.07, 6.45) is 5.85. The number of benzene rings is 2. The van der Waals surface area contributed by atoms with E-state index in [1.54, 1.807) is 0 Å². The SMILES string of the molecule is COC(=O)CCCC#Cc1cc2c(c(C(O)N[C@@H](CO)Cc3c[nH]c4ccccc34)c1)OCCCC2. The van der Waals surface area contributed by atoms with Gasteiger partial charge < -0.3 is 24.7 Å². The van der Waals surface area contributed by atoms with Crippen molar-refractivity contribution in [3.05, 3.63) is 64.8 Å². The minimum Gasteiger partial charge on any atom is -0.493 e. The highest BCUT2D eigenvalue weighted by Crippen LogP contribution is 2.33. The standard InChI is InChI=1S/C29H34N2O5/c1-35-27(33)13-4-2-3-9-20-15-21-10-7-8-14-36-28(21)25(16-20)29(34)31-23(19-32)17-22-18-30-26-12-6-5-11-24(22)26/h5-6,11-12,15-16,18,23,29-32,34H,2,4,7-8,10,13-14,17,19H2,1H3/t23-,29?/m1/s1. The van der Waals surface area contributed by atoms with Gasteiger partial charge in [0.25, 0.3) is 0 Å². The largest absolute Gasteiger partial charge is 0.493 e. The number of carbonyl (C=O) groups excluding carboxylic acids is 1. The van der Waals surface area contributed by atoms with Crippen LogP contribution in [0, 0.1) is 11.8 Å². The molecule has 0 fully saturated rings. The fourth-order valence-corrected chi connectivity index (χ4v) is 4.59. The third-order valence-electron chi connectivity index (χ3n) is 6.47. The van der Waals surface area contributed by atoms with Crippen LogP contribution in [0.3, 0.4) is 0 Å². The van der Waals surface area contributed by atoms with E-state index < -0.39 is 6.23 Å². The summed E-state index contributed by atoms with van der Waals surface area (Å²) >= 11 is 0. The molecule has 0 bridgehead atoms. The number of esters is 1. The number of aliphatic hydroxyl groups excluding tert-OH is 2. The second-order valence-corrected chi connectivity index (χ2v) is 9.10. The Labute approximate surface area is 211 Å². The van der Waals surface area contributed by atoms with Crippen molar-refractivity contribution in [2.24, 2.45) is 0 Å². The number of hydrogen-bond donors (Lipinski definition) is 4. The molecule has 0 saturated heterocycles. The number of ether oxygens (including phenoxy) is 2. The lowest BCUT2D eigenvalue weighted by molar-refractivity contribution is -0.140. The number of fused-ring (bicyclic) bond motifs is 2. The highest BCUT2D eigenvalue weighted by molar-refractivity contribution is 5.83. The molecule has 4 rings (SSSR count). The average Bonchev–Trinajstić information content (AvgIpc) is 3.15. The van der Waals surface area contributed by atoms with Crippen LogP contribution in [0.4, 0.5) is 0 Å². The quantitative estimate of drug-likeness (QED) is 0.158. The zero-order valence-corrected chi connectivity index (χ0v) is 20.7. The molecule has 1 aliphatic rings. The topological polar surface area (TPSA) is 104 Å². The molecular formula is C29H34N2O5. The first-order chi connectivity index (χ1) is 17.6. The number of H-pyrrole nitrogens is 1. The van der Waals surface area contributed by atoms with E-state index in [0.717, 1.165) is 46.9 Å². The molecule has 36 heavy (non-hydrogen) atoms. The van der Waals surface area contributed by atoms with Gasteiger partial charge in [-0.3, -0.25) is 10.1 Å². The number of unbranched alkanes of at least 4 members (excludes halogenated alkanes) is 1. The van der Waals surface area contributed by atoms with Crippen LogP contribution in [0.1, 0.15) is 60.6 Å². The van der Waals surface area contributed by atoms with Gasteiger partial charge in [0.2, 0.25) is 0 Å². The van der Waals surface area contributed by atoms with Crippen LogP contribution in [-0.2, 0) is 22.4 Å². The maximum Gasteiger partial charge on any atom is 0.305 e. The Hall–Kier alpha value is -3.31. The first-order valence-corrected chi connectivity index (χ1v) is 12.5. The van der Waals surface area contributed by atoms with Gasteiger partial charge in [-0.25, -0.2) is 0 Å². The average molecular weight is 491 g/mol. The molecule has 4 N–H and O–H groups in total. The third-order valence-corrected chi connectivity index (χ3v) is 6.47. The van der Waals surface area contributed by atoms with Crippen molar-refractivity contribution in [1.29, 1.82) is 0 Å². The lowest BCUT2D eigenvalue weighted by atomic mass is 9.98. The summed E-state index contributed by atoms with van der Waals surface area (Å²) in [4.78, 5) is 14.6. The van der Waals surface area contributed by atoms with Crippen LogP contribution in [0.5, 0.6) is 5.75 Å². The lowest BCUT2D eigenvalue weighted by Crippen LogP contribution is -2.37. The smallest absolute Gasteiger partial charge is 0.305 e. The molecule has 0 aliphatic carbocycles. The molecule has 1 aliphatic heterocycles. The monoisotopic (exact) mass is 490 g/mol. The molecule has 0 amide bonds. The normalized spacial score (nSPS) is 14.6. The van der Waals surface area contributed by atoms with E-state index in [9.17, 15) is 15.0 Å². The molecule has 1 aromatic heterocycles. The van der Waals surface area contributed by atoms with Crippen LogP contribution in [0.15, 0.2) is 42.6 Å². The maximum atomic E-state index is 11.3. The minimum atomic E-state index is -1.03. The fourth-order valence-electron chi connectivity index (χ4n) is 4.59. The second kappa shape index (κ2) is 12.6. The molecular weight excluding hydrogens is 456 g/mol. The molecule has 0 saturated carbocycles. The van der Waals surface area contributed by atoms with Gasteiger partial charge in [0.15, 0.2) is 0 Å². The van der Waals surface area contributed by atoms with Crippen molar-refractivity contribution < 1.29 is 24.5 Å². The Morgan fingerprint density at radius 3 is 2.97 bits per heavy atom. The number of aliphatic hydroxyl groups is 2. The van der Waals surface area contributed by atoms with E-state index in [0.29, 0.717) is 43.6 Å². The van der Waals surface area contributed by atoms with Crippen molar-refractivity contribution in [1.82, 2.24) is 10.3 Å². The Bertz CT molecular complexity index is 1240. The predicted octanol–water partition coefficient (Wildman–Crippen LogP) is 3.76. The van der Waals surface area contributed by atoms with Crippen molar-refractivity contribution in [3.8, 4) is 17.6 Å². The number of methoxy groups -OCH3 is 1. The van der Waals surface area contributed by atoms with Gasteiger partial charge in [-0.1, -0.05) is 30.0 Å². The molecule has 190 valence electrons. The molecule has 3 aromatic rings. The zero-order valence-electron chi connectivity index (χ0n) is 20.7. The van der Waals surface area contributed by atoms with Crippen LogP contribution >= 0.6 is 0 Å². The first kappa shape index (κ1) is 25.8. The van der Waals surface area contributed by atoms with E-state index in [4.69, 9.17) is 4.74 Å². The second-order valence-electron chi connectivity index (χ2n) is 9.10. The first-order valence-electron chi connectivity index (χ1n) is 12.5. The molecule has 2 aromatic carbocycles. The summed E-state index contributed by atoms with van der Waals surface area (Å²) in [7, 11) is 1.38. The van der Waals surface area contributed by atoms with E-state index >= 15 is 0 Å². The number of carbonyl (C=O) groups is 1. The number of aromatic amines is 1. The predicted molar refractivity (Wildman–Crippen MR) is 139 cm³/mol. The van der Waals surface area contributed by atoms with Gasteiger partial charge in [-0.15, -0.1) is 0 Å². The van der Waals surface area contributed by atoms with Gasteiger partial charge in [0, 0.05) is 47.1 Å². The third kappa shape index (κ3) is 6.46. The number of rotatable bonds is 9. The van der Waals surface area contributed by atoms with Gasteiger partial charge in [-0.2, -0.15) is 0 Å². The molecule has 7 heteroatoms. The summed E-state index contributed by atoms with van der Waals surface area (Å²) < 4.78 is 10.7. The summed E-state index contributed by atoms with van der Waals surface area (Å²) in [5.41, 5.74) is 4.57. The highest BCUT2D eigenvalue weighted by Gasteiger charge is 2.23. The number of para-hydroxylation sites is 1. The summed E-state index contributed by atoms with van der Waals surface area (Å²) in [6, 6.07) is 11.6. The summed E-state index contributed by atoms with van der Waals surface area (Å²) in [5.74, 6) is 6.77. The van der Waals surface area contributed by atoms with Gasteiger partial charge >= 0.3 is 5.97 Å². The van der Waals surface area contributed by atoms with Crippen molar-refractivity contribution in [2.75, 3.05) is 20.3 Å². The van der Waals surface area contributed by atoms with Gasteiger partial charge in [0.05, 0.1) is 20.3 Å². The summed E-state index contributed by atoms with van der Waals surface area (Å²) in [5, 5.41) is 25.6. The van der Waals surface area contributed by atoms with Crippen LogP contribution in [0.2, 0.25) is 0 Å². The van der Waals surface area contributed by atoms with Gasteiger partial charge in [-0.05, 0) is 61.4 Å². The fraction of sp³-hybridized carbons (Fsp3) is 0.414. The molecule has 0 spiro atoms. The number of aromatic nitrogens is 1. The minimum absolute atomic E-state index is 0.126. The van der Waals surface area contributed by atoms with E-state index in [1.165, 1.54) is 7.11 Å². The van der Waals surface area contributed by atoms with Crippen molar-refractivity contribution in [2.45, 2.75) is 57.2 Å². The number of hydrogen-bond acceptors (Lipinski definition) is 6. The molecule has 7 nitrogen and oxygen atoms in total. The maximum absolute atomic E-state index is 11.3. The lowest BCUT2D eigenvalue weighted by Gasteiger charge is -2.24. The Morgan fingerprint density at radius 1 is 1.28 bits per heavy atom. The molecule has 1 unspecified atom stereocenters. The Balaban J connectivity index is 1.52. The highest BCUT2D eigenvalue weighted by atomic mass is 16.5. The van der Waals surface area contributed by atoms with Crippen LogP contribution in [0.25, 0.3) is 10.9 Å². The van der Waals surface area contributed by atoms with Crippen molar-refractivity contribution in [3.63, 3.8) is 0 Å². The zero-order chi connectivity index (χ0) is 25.3. The number of nitrogens with one attached hydrogen (secondary N) is 2. The molecule has 2 atom stereocenters. The summed E-state index contributed by atoms with van der Waals surface area (Å²) in [6.45, 7) is 0.476. The van der Waals surface area contributed by atoms with E-state index in [1.807, 2.05) is 42.6 Å². The van der Waals surface area contributed by atoms with Gasteiger partial charge in [0.1, 0.15) is 12.0 Å².